The van der Waals surface area contributed by atoms with E-state index in [0.717, 1.165) is 45.0 Å². The van der Waals surface area contributed by atoms with Crippen molar-refractivity contribution in [2.24, 2.45) is 5.73 Å². The largest absolute Gasteiger partial charge is 0.440 e. The zero-order chi connectivity index (χ0) is 22.8. The topological polar surface area (TPSA) is 93.5 Å². The van der Waals surface area contributed by atoms with Crippen molar-refractivity contribution >= 4 is 23.2 Å². The van der Waals surface area contributed by atoms with Gasteiger partial charge < -0.3 is 19.8 Å². The van der Waals surface area contributed by atoms with Crippen molar-refractivity contribution in [1.82, 2.24) is 9.47 Å². The molecule has 3 heterocycles. The molecule has 2 aromatic rings. The number of nitriles is 1. The summed E-state index contributed by atoms with van der Waals surface area (Å²) >= 11 is 12.9. The Kier molecular flexibility index (Phi) is 6.77. The number of morpholine rings is 1. The molecule has 0 saturated carbocycles. The Labute approximate surface area is 196 Å². The fraction of sp³-hybridized carbons (Fsp3) is 0.391. The third-order valence-corrected chi connectivity index (χ3v) is 6.60. The van der Waals surface area contributed by atoms with Gasteiger partial charge in [0.15, 0.2) is 0 Å². The van der Waals surface area contributed by atoms with E-state index in [9.17, 15) is 10.1 Å². The molecule has 1 fully saturated rings. The van der Waals surface area contributed by atoms with Crippen molar-refractivity contribution in [3.8, 4) is 11.8 Å². The van der Waals surface area contributed by atoms with Crippen LogP contribution in [0.2, 0.25) is 10.0 Å². The number of halogens is 2. The fourth-order valence-corrected chi connectivity index (χ4v) is 4.93. The van der Waals surface area contributed by atoms with E-state index < -0.39 is 5.92 Å². The van der Waals surface area contributed by atoms with Crippen LogP contribution in [-0.2, 0) is 11.3 Å². The van der Waals surface area contributed by atoms with Gasteiger partial charge >= 0.3 is 0 Å². The highest BCUT2D eigenvalue weighted by molar-refractivity contribution is 6.36. The molecule has 1 saturated heterocycles. The van der Waals surface area contributed by atoms with E-state index in [2.05, 4.69) is 11.0 Å². The summed E-state index contributed by atoms with van der Waals surface area (Å²) in [6.45, 7) is 6.54. The Bertz CT molecular complexity index is 1140. The van der Waals surface area contributed by atoms with Crippen LogP contribution >= 0.6 is 23.2 Å². The van der Waals surface area contributed by atoms with Crippen LogP contribution in [0.1, 0.15) is 29.2 Å². The number of hydrogen-bond donors (Lipinski definition) is 1. The van der Waals surface area contributed by atoms with Gasteiger partial charge in [0.1, 0.15) is 17.4 Å². The summed E-state index contributed by atoms with van der Waals surface area (Å²) < 4.78 is 12.8. The molecule has 168 valence electrons. The number of allylic oxidation sites excluding steroid dienone is 1. The number of aryl methyl sites for hydroxylation is 1. The van der Waals surface area contributed by atoms with Gasteiger partial charge in [-0.1, -0.05) is 29.3 Å². The Hall–Kier alpha value is -2.50. The molecule has 0 bridgehead atoms. The van der Waals surface area contributed by atoms with Crippen molar-refractivity contribution in [2.45, 2.75) is 25.8 Å². The number of benzene rings is 1. The Morgan fingerprint density at radius 3 is 2.53 bits per heavy atom. The molecule has 2 aliphatic heterocycles. The smallest absolute Gasteiger partial charge is 0.258 e. The van der Waals surface area contributed by atoms with Gasteiger partial charge in [0.25, 0.3) is 5.56 Å². The molecule has 0 spiro atoms. The van der Waals surface area contributed by atoms with Gasteiger partial charge in [-0.3, -0.25) is 9.69 Å². The maximum Gasteiger partial charge on any atom is 0.258 e. The number of pyridine rings is 1. The first-order valence-corrected chi connectivity index (χ1v) is 11.2. The lowest BCUT2D eigenvalue weighted by Crippen LogP contribution is -2.38. The molecule has 0 amide bonds. The fourth-order valence-electron chi connectivity index (χ4n) is 4.32. The second kappa shape index (κ2) is 9.55. The SMILES string of the molecule is Cc1cc2c(c(=O)n1CCCN1CCOCC1)[C@H](c1c(Cl)cccc1Cl)C(C#N)=C(N)O2. The van der Waals surface area contributed by atoms with Crippen LogP contribution in [-0.4, -0.2) is 42.3 Å². The number of fused-ring (bicyclic) bond motifs is 1. The van der Waals surface area contributed by atoms with Crippen LogP contribution in [0.5, 0.6) is 5.75 Å². The molecular formula is C23H24Cl2N4O3. The van der Waals surface area contributed by atoms with Crippen molar-refractivity contribution in [3.63, 3.8) is 0 Å². The van der Waals surface area contributed by atoms with Crippen molar-refractivity contribution in [1.29, 1.82) is 5.26 Å². The molecule has 1 atom stereocenters. The molecule has 0 radical (unpaired) electrons. The molecule has 0 aliphatic carbocycles. The van der Waals surface area contributed by atoms with Gasteiger partial charge in [-0.15, -0.1) is 0 Å². The van der Waals surface area contributed by atoms with Crippen LogP contribution in [0, 0.1) is 18.3 Å². The van der Waals surface area contributed by atoms with Crippen LogP contribution in [0.25, 0.3) is 0 Å². The van der Waals surface area contributed by atoms with Crippen molar-refractivity contribution in [2.75, 3.05) is 32.8 Å². The highest BCUT2D eigenvalue weighted by Crippen LogP contribution is 2.45. The third-order valence-electron chi connectivity index (χ3n) is 5.94. The number of nitrogens with two attached hydrogens (primary N) is 1. The second-order valence-corrected chi connectivity index (χ2v) is 8.70. The van der Waals surface area contributed by atoms with Crippen molar-refractivity contribution < 1.29 is 9.47 Å². The first-order chi connectivity index (χ1) is 15.4. The van der Waals surface area contributed by atoms with Gasteiger partial charge in [-0.25, -0.2) is 0 Å². The quantitative estimate of drug-likeness (QED) is 0.713. The Morgan fingerprint density at radius 2 is 1.88 bits per heavy atom. The zero-order valence-corrected chi connectivity index (χ0v) is 19.2. The molecule has 7 nitrogen and oxygen atoms in total. The first kappa shape index (κ1) is 22.7. The predicted octanol–water partition coefficient (Wildman–Crippen LogP) is 3.40. The Morgan fingerprint density at radius 1 is 1.19 bits per heavy atom. The second-order valence-electron chi connectivity index (χ2n) is 7.89. The van der Waals surface area contributed by atoms with E-state index in [1.165, 1.54) is 0 Å². The average molecular weight is 475 g/mol. The van der Waals surface area contributed by atoms with Crippen LogP contribution in [0.3, 0.4) is 0 Å². The predicted molar refractivity (Wildman–Crippen MR) is 123 cm³/mol. The van der Waals surface area contributed by atoms with E-state index in [0.29, 0.717) is 33.5 Å². The lowest BCUT2D eigenvalue weighted by molar-refractivity contribution is 0.0369. The minimum atomic E-state index is -0.802. The van der Waals surface area contributed by atoms with Crippen molar-refractivity contribution in [3.05, 3.63) is 72.9 Å². The summed E-state index contributed by atoms with van der Waals surface area (Å²) in [5, 5.41) is 10.5. The van der Waals surface area contributed by atoms with E-state index in [1.54, 1.807) is 28.8 Å². The first-order valence-electron chi connectivity index (χ1n) is 10.5. The standard InChI is InChI=1S/C23H24Cl2N4O3/c1-14-12-18-21(23(30)29(14)7-3-6-28-8-10-31-11-9-28)19(15(13-26)22(27)32-18)20-16(24)4-2-5-17(20)25/h2,4-5,12,19H,3,6-11,27H2,1H3/t19-/m0/s1. The van der Waals surface area contributed by atoms with Crippen LogP contribution in [0.15, 0.2) is 40.5 Å². The van der Waals surface area contributed by atoms with E-state index in [1.807, 2.05) is 6.92 Å². The van der Waals surface area contributed by atoms with Gasteiger partial charge in [0.2, 0.25) is 5.88 Å². The minimum Gasteiger partial charge on any atom is -0.440 e. The normalized spacial score (nSPS) is 18.8. The lowest BCUT2D eigenvalue weighted by Gasteiger charge is -2.29. The lowest BCUT2D eigenvalue weighted by atomic mass is 9.84. The average Bonchev–Trinajstić information content (AvgIpc) is 2.76. The number of ether oxygens (including phenoxy) is 2. The maximum atomic E-state index is 13.7. The van der Waals surface area contributed by atoms with Gasteiger partial charge in [-0.05, 0) is 25.5 Å². The Balaban J connectivity index is 1.75. The van der Waals surface area contributed by atoms with E-state index in [-0.39, 0.29) is 17.0 Å². The van der Waals surface area contributed by atoms with E-state index >= 15 is 0 Å². The molecule has 1 aromatic heterocycles. The highest BCUT2D eigenvalue weighted by atomic mass is 35.5. The summed E-state index contributed by atoms with van der Waals surface area (Å²) in [5.41, 5.74) is 7.50. The number of hydrogen-bond acceptors (Lipinski definition) is 6. The summed E-state index contributed by atoms with van der Waals surface area (Å²) in [5.74, 6) is -0.525. The molecule has 2 aliphatic rings. The zero-order valence-electron chi connectivity index (χ0n) is 17.7. The van der Waals surface area contributed by atoms with Gasteiger partial charge in [0.05, 0.1) is 24.7 Å². The molecular weight excluding hydrogens is 451 g/mol. The summed E-state index contributed by atoms with van der Waals surface area (Å²) in [4.78, 5) is 16.0. The van der Waals surface area contributed by atoms with Crippen LogP contribution in [0.4, 0.5) is 0 Å². The summed E-state index contributed by atoms with van der Waals surface area (Å²) in [6, 6.07) is 8.95. The molecule has 4 rings (SSSR count). The van der Waals surface area contributed by atoms with Gasteiger partial charge in [0, 0.05) is 53.5 Å². The summed E-state index contributed by atoms with van der Waals surface area (Å²) in [7, 11) is 0. The molecule has 32 heavy (non-hydrogen) atoms. The van der Waals surface area contributed by atoms with Crippen LogP contribution < -0.4 is 16.0 Å². The summed E-state index contributed by atoms with van der Waals surface area (Å²) in [6.07, 6.45) is 0.807. The highest BCUT2D eigenvalue weighted by Gasteiger charge is 2.36. The number of nitrogens with zero attached hydrogens (tertiary/aromatic N) is 3. The maximum absolute atomic E-state index is 13.7. The third kappa shape index (κ3) is 4.24. The minimum absolute atomic E-state index is 0.0511. The number of aromatic nitrogens is 1. The number of rotatable bonds is 5. The molecule has 0 unspecified atom stereocenters. The molecule has 1 aromatic carbocycles. The molecule has 9 heteroatoms. The molecule has 2 N–H and O–H groups in total. The van der Waals surface area contributed by atoms with E-state index in [4.69, 9.17) is 38.4 Å². The van der Waals surface area contributed by atoms with Gasteiger partial charge in [-0.2, -0.15) is 5.26 Å². The monoisotopic (exact) mass is 474 g/mol.